The smallest absolute Gasteiger partial charge is 0.408 e. The molecule has 1 aliphatic rings. The number of aryl methyl sites for hydroxylation is 1. The summed E-state index contributed by atoms with van der Waals surface area (Å²) in [5.74, 6) is -1.20. The number of hydrogen-bond donors (Lipinski definition) is 4. The summed E-state index contributed by atoms with van der Waals surface area (Å²) < 4.78 is 12.0. The van der Waals surface area contributed by atoms with Crippen molar-refractivity contribution in [2.45, 2.75) is 44.4 Å². The summed E-state index contributed by atoms with van der Waals surface area (Å²) >= 11 is 0. The van der Waals surface area contributed by atoms with Crippen molar-refractivity contribution in [1.29, 1.82) is 0 Å². The number of oxazole rings is 1. The first-order valence-electron chi connectivity index (χ1n) is 7.84. The zero-order valence-electron chi connectivity index (χ0n) is 13.7. The maximum atomic E-state index is 12.4. The Balaban J connectivity index is 2.14. The first kappa shape index (κ1) is 17.6. The maximum absolute atomic E-state index is 12.4. The van der Waals surface area contributed by atoms with Crippen LogP contribution in [0.15, 0.2) is 27.4 Å². The van der Waals surface area contributed by atoms with E-state index in [9.17, 15) is 24.9 Å². The summed E-state index contributed by atoms with van der Waals surface area (Å²) in [4.78, 5) is 23.9. The largest absolute Gasteiger partial charge is 0.422 e. The summed E-state index contributed by atoms with van der Waals surface area (Å²) in [5, 5.41) is 32.3. The minimum atomic E-state index is -1.44. The molecule has 0 bridgehead atoms. The van der Waals surface area contributed by atoms with Crippen LogP contribution in [-0.4, -0.2) is 56.8 Å². The standard InChI is InChI=1S/C16H20N2O7/c1-7-3-4-10-9(5-7)18(16(23)25-10)15-12(17-8(2)20)14(22)13(21)11(6-19)24-15/h3-5,11-15,19,21-22H,6H2,1-2H3,(H,17,20)/t11-,12+,13+,14+,15+/m1/s1. The third-order valence-electron chi connectivity index (χ3n) is 4.29. The number of carbonyl (C=O) groups excluding carboxylic acids is 1. The van der Waals surface area contributed by atoms with Crippen molar-refractivity contribution < 1.29 is 29.3 Å². The molecule has 2 heterocycles. The molecule has 136 valence electrons. The number of amides is 1. The number of benzene rings is 1. The molecule has 1 fully saturated rings. The van der Waals surface area contributed by atoms with E-state index >= 15 is 0 Å². The molecule has 25 heavy (non-hydrogen) atoms. The monoisotopic (exact) mass is 352 g/mol. The molecule has 3 rings (SSSR count). The molecule has 1 aliphatic heterocycles. The van der Waals surface area contributed by atoms with E-state index in [1.807, 2.05) is 6.92 Å². The van der Waals surface area contributed by atoms with Crippen molar-refractivity contribution in [3.8, 4) is 0 Å². The van der Waals surface area contributed by atoms with Crippen molar-refractivity contribution in [2.75, 3.05) is 6.61 Å². The predicted molar refractivity (Wildman–Crippen MR) is 85.8 cm³/mol. The minimum absolute atomic E-state index is 0.321. The van der Waals surface area contributed by atoms with Crippen molar-refractivity contribution in [1.82, 2.24) is 9.88 Å². The summed E-state index contributed by atoms with van der Waals surface area (Å²) in [6.45, 7) is 2.52. The van der Waals surface area contributed by atoms with Gasteiger partial charge in [-0.3, -0.25) is 4.79 Å². The molecule has 5 atom stereocenters. The second-order valence-electron chi connectivity index (χ2n) is 6.16. The van der Waals surface area contributed by atoms with Crippen LogP contribution in [-0.2, 0) is 9.53 Å². The molecule has 0 spiro atoms. The van der Waals surface area contributed by atoms with Gasteiger partial charge in [0, 0.05) is 6.92 Å². The van der Waals surface area contributed by atoms with Crippen LogP contribution in [0.5, 0.6) is 0 Å². The molecule has 9 heteroatoms. The van der Waals surface area contributed by atoms with Gasteiger partial charge in [0.1, 0.15) is 24.4 Å². The van der Waals surface area contributed by atoms with Gasteiger partial charge in [-0.1, -0.05) is 6.07 Å². The second-order valence-corrected chi connectivity index (χ2v) is 6.16. The lowest BCUT2D eigenvalue weighted by atomic mass is 9.95. The van der Waals surface area contributed by atoms with Crippen LogP contribution >= 0.6 is 0 Å². The summed E-state index contributed by atoms with van der Waals surface area (Å²) in [6.07, 6.45) is -5.14. The third-order valence-corrected chi connectivity index (χ3v) is 4.29. The van der Waals surface area contributed by atoms with Gasteiger partial charge in [0.2, 0.25) is 5.91 Å². The summed E-state index contributed by atoms with van der Waals surface area (Å²) in [7, 11) is 0. The highest BCUT2D eigenvalue weighted by Gasteiger charge is 2.46. The Labute approximate surface area is 142 Å². The fourth-order valence-corrected chi connectivity index (χ4v) is 3.09. The SMILES string of the molecule is CC(=O)N[C@H]1[C@H](O)[C@@H](O)[C@@H](CO)O[C@@H]1n1c(=O)oc2ccc(C)cc21. The molecule has 1 saturated heterocycles. The van der Waals surface area contributed by atoms with Crippen LogP contribution in [0.3, 0.4) is 0 Å². The van der Waals surface area contributed by atoms with E-state index in [4.69, 9.17) is 9.15 Å². The normalized spacial score (nSPS) is 29.7. The lowest BCUT2D eigenvalue weighted by Gasteiger charge is -2.42. The Morgan fingerprint density at radius 3 is 2.68 bits per heavy atom. The second kappa shape index (κ2) is 6.60. The third kappa shape index (κ3) is 3.07. The van der Waals surface area contributed by atoms with Crippen molar-refractivity contribution in [2.24, 2.45) is 0 Å². The highest BCUT2D eigenvalue weighted by molar-refractivity contribution is 5.75. The Hall–Kier alpha value is -2.20. The predicted octanol–water partition coefficient (Wildman–Crippen LogP) is -0.981. The zero-order valence-corrected chi connectivity index (χ0v) is 13.7. The van der Waals surface area contributed by atoms with E-state index in [0.717, 1.165) is 5.56 Å². The topological polar surface area (TPSA) is 134 Å². The summed E-state index contributed by atoms with van der Waals surface area (Å²) in [5.41, 5.74) is 1.61. The molecule has 1 aromatic carbocycles. The van der Waals surface area contributed by atoms with Crippen LogP contribution in [0.4, 0.5) is 0 Å². The van der Waals surface area contributed by atoms with Crippen LogP contribution in [0.25, 0.3) is 11.1 Å². The van der Waals surface area contributed by atoms with E-state index in [2.05, 4.69) is 5.32 Å². The molecular weight excluding hydrogens is 332 g/mol. The Morgan fingerprint density at radius 2 is 2.04 bits per heavy atom. The van der Waals surface area contributed by atoms with Gasteiger partial charge < -0.3 is 29.8 Å². The number of fused-ring (bicyclic) bond motifs is 1. The molecule has 0 aliphatic carbocycles. The first-order chi connectivity index (χ1) is 11.8. The molecular formula is C16H20N2O7. The van der Waals surface area contributed by atoms with Crippen molar-refractivity contribution in [3.05, 3.63) is 34.3 Å². The van der Waals surface area contributed by atoms with Crippen LogP contribution in [0.2, 0.25) is 0 Å². The number of rotatable bonds is 3. The average molecular weight is 352 g/mol. The average Bonchev–Trinajstić information content (AvgIpc) is 2.87. The van der Waals surface area contributed by atoms with E-state index < -0.39 is 48.9 Å². The fraction of sp³-hybridized carbons (Fsp3) is 0.500. The van der Waals surface area contributed by atoms with Crippen molar-refractivity contribution in [3.63, 3.8) is 0 Å². The maximum Gasteiger partial charge on any atom is 0.422 e. The molecule has 0 radical (unpaired) electrons. The Kier molecular flexibility index (Phi) is 4.65. The molecule has 0 saturated carbocycles. The first-order valence-corrected chi connectivity index (χ1v) is 7.84. The van der Waals surface area contributed by atoms with Gasteiger partial charge >= 0.3 is 5.76 Å². The molecule has 1 aromatic heterocycles. The van der Waals surface area contributed by atoms with Crippen molar-refractivity contribution >= 4 is 17.0 Å². The van der Waals surface area contributed by atoms with Gasteiger partial charge in [-0.2, -0.15) is 0 Å². The van der Waals surface area contributed by atoms with Crippen LogP contribution < -0.4 is 11.1 Å². The van der Waals surface area contributed by atoms with E-state index in [-0.39, 0.29) is 0 Å². The number of hydrogen-bond acceptors (Lipinski definition) is 7. The van der Waals surface area contributed by atoms with Gasteiger partial charge in [-0.15, -0.1) is 0 Å². The van der Waals surface area contributed by atoms with Gasteiger partial charge in [0.05, 0.1) is 12.1 Å². The van der Waals surface area contributed by atoms with Gasteiger partial charge in [-0.05, 0) is 24.6 Å². The summed E-state index contributed by atoms with van der Waals surface area (Å²) in [6, 6.07) is 4.01. The van der Waals surface area contributed by atoms with Gasteiger partial charge in [-0.25, -0.2) is 9.36 Å². The van der Waals surface area contributed by atoms with E-state index in [1.54, 1.807) is 18.2 Å². The van der Waals surface area contributed by atoms with E-state index in [1.165, 1.54) is 11.5 Å². The number of aliphatic hydroxyl groups excluding tert-OH is 3. The minimum Gasteiger partial charge on any atom is -0.408 e. The number of carbonyl (C=O) groups is 1. The molecule has 4 N–H and O–H groups in total. The molecule has 1 amide bonds. The highest BCUT2D eigenvalue weighted by atomic mass is 16.5. The number of nitrogens with zero attached hydrogens (tertiary/aromatic N) is 1. The van der Waals surface area contributed by atoms with Crippen LogP contribution in [0, 0.1) is 6.92 Å². The number of nitrogens with one attached hydrogen (secondary N) is 1. The molecule has 2 aromatic rings. The Bertz CT molecular complexity index is 843. The van der Waals surface area contributed by atoms with Gasteiger partial charge in [0.15, 0.2) is 11.8 Å². The lowest BCUT2D eigenvalue weighted by molar-refractivity contribution is -0.216. The molecule has 9 nitrogen and oxygen atoms in total. The fourth-order valence-electron chi connectivity index (χ4n) is 3.09. The Morgan fingerprint density at radius 1 is 1.32 bits per heavy atom. The van der Waals surface area contributed by atoms with Crippen LogP contribution in [0.1, 0.15) is 18.7 Å². The zero-order chi connectivity index (χ0) is 18.3. The quantitative estimate of drug-likeness (QED) is 0.558. The molecule has 0 unspecified atom stereocenters. The number of aromatic nitrogens is 1. The number of ether oxygens (including phenoxy) is 1. The number of aliphatic hydroxyl groups is 3. The van der Waals surface area contributed by atoms with Gasteiger partial charge in [0.25, 0.3) is 0 Å². The van der Waals surface area contributed by atoms with E-state index in [0.29, 0.717) is 11.1 Å². The highest BCUT2D eigenvalue weighted by Crippen LogP contribution is 2.30. The lowest BCUT2D eigenvalue weighted by Crippen LogP contribution is -2.62.